The number of fused-ring (bicyclic) bond motifs is 8. The molecule has 5 heterocycles. The summed E-state index contributed by atoms with van der Waals surface area (Å²) in [7, 11) is 0. The third kappa shape index (κ3) is 5.14. The average Bonchev–Trinajstić information content (AvgIpc) is 3.98. The lowest BCUT2D eigenvalue weighted by Crippen LogP contribution is -1.91. The van der Waals surface area contributed by atoms with Crippen LogP contribution in [0.4, 0.5) is 0 Å². The minimum atomic E-state index is 0.209. The number of benzene rings is 4. The number of rotatable bonds is 4. The molecule has 3 N–H and O–H groups in total. The van der Waals surface area contributed by atoms with E-state index in [0.29, 0.717) is 0 Å². The smallest absolute Gasteiger partial charge is 0.115 e. The van der Waals surface area contributed by atoms with Crippen LogP contribution in [0, 0.1) is 0 Å². The Morgan fingerprint density at radius 3 is 1.06 bits per heavy atom. The van der Waals surface area contributed by atoms with E-state index in [9.17, 15) is 5.11 Å². The summed E-state index contributed by atoms with van der Waals surface area (Å²) in [4.78, 5) is 18.2. The molecule has 7 aromatic rings. The number of aromatic amines is 2. The molecule has 232 valence electrons. The van der Waals surface area contributed by atoms with Crippen molar-refractivity contribution in [3.8, 4) is 50.3 Å². The van der Waals surface area contributed by atoms with Crippen molar-refractivity contribution >= 4 is 46.4 Å². The van der Waals surface area contributed by atoms with E-state index in [-0.39, 0.29) is 5.75 Å². The predicted molar refractivity (Wildman–Crippen MR) is 202 cm³/mol. The number of hydrogen-bond donors (Lipinski definition) is 3. The van der Waals surface area contributed by atoms with Crippen LogP contribution in [0.15, 0.2) is 140 Å². The zero-order chi connectivity index (χ0) is 32.7. The van der Waals surface area contributed by atoms with Crippen molar-refractivity contribution in [1.29, 1.82) is 0 Å². The molecule has 0 spiro atoms. The zero-order valence-corrected chi connectivity index (χ0v) is 26.4. The minimum Gasteiger partial charge on any atom is -0.508 e. The van der Waals surface area contributed by atoms with E-state index in [4.69, 9.17) is 9.97 Å². The standard InChI is InChI=1S/C44H30N4O/c49-32-18-16-31(17-19-32)44-39-26-24-37(47-39)42(29-12-6-2-7-13-29)35-22-20-33(45-35)41(28-10-4-1-5-11-28)34-21-23-36(46-34)43(30-14-8-3-9-15-30)38-25-27-40(44)48-38/h1-27,45-46,49H. The quantitative estimate of drug-likeness (QED) is 0.181. The number of aromatic nitrogens is 4. The van der Waals surface area contributed by atoms with Crippen LogP contribution in [0.1, 0.15) is 22.8 Å². The summed E-state index contributed by atoms with van der Waals surface area (Å²) < 4.78 is 0. The van der Waals surface area contributed by atoms with Crippen LogP contribution in [0.2, 0.25) is 0 Å². The van der Waals surface area contributed by atoms with Gasteiger partial charge in [-0.25, -0.2) is 9.97 Å². The highest BCUT2D eigenvalue weighted by Gasteiger charge is 2.19. The number of nitrogens with one attached hydrogen (secondary N) is 2. The molecule has 2 aliphatic heterocycles. The van der Waals surface area contributed by atoms with E-state index in [2.05, 4.69) is 131 Å². The van der Waals surface area contributed by atoms with Gasteiger partial charge in [-0.3, -0.25) is 0 Å². The lowest BCUT2D eigenvalue weighted by Gasteiger charge is -2.07. The number of phenolic OH excluding ortho intramolecular Hbond substituents is 1. The molecule has 8 bridgehead atoms. The van der Waals surface area contributed by atoms with Gasteiger partial charge in [-0.2, -0.15) is 0 Å². The summed E-state index contributed by atoms with van der Waals surface area (Å²) in [6.07, 6.45) is 8.30. The van der Waals surface area contributed by atoms with Gasteiger partial charge in [0.15, 0.2) is 0 Å². The van der Waals surface area contributed by atoms with Gasteiger partial charge in [0, 0.05) is 44.3 Å². The van der Waals surface area contributed by atoms with Gasteiger partial charge in [0.1, 0.15) is 5.75 Å². The number of phenols is 1. The molecule has 3 aromatic heterocycles. The number of hydrogen-bond acceptors (Lipinski definition) is 3. The Bertz CT molecular complexity index is 2440. The van der Waals surface area contributed by atoms with Crippen LogP contribution in [-0.4, -0.2) is 25.0 Å². The van der Waals surface area contributed by atoms with Crippen molar-refractivity contribution in [2.24, 2.45) is 0 Å². The zero-order valence-electron chi connectivity index (χ0n) is 26.4. The lowest BCUT2D eigenvalue weighted by molar-refractivity contribution is 0.475. The van der Waals surface area contributed by atoms with Crippen LogP contribution in [0.3, 0.4) is 0 Å². The largest absolute Gasteiger partial charge is 0.508 e. The Hall–Kier alpha value is -6.72. The van der Waals surface area contributed by atoms with Crippen LogP contribution >= 0.6 is 0 Å². The van der Waals surface area contributed by atoms with Gasteiger partial charge in [-0.15, -0.1) is 0 Å². The maximum absolute atomic E-state index is 10.2. The highest BCUT2D eigenvalue weighted by Crippen LogP contribution is 2.38. The van der Waals surface area contributed by atoms with Gasteiger partial charge in [0.2, 0.25) is 0 Å². The fourth-order valence-electron chi connectivity index (χ4n) is 6.86. The summed E-state index contributed by atoms with van der Waals surface area (Å²) in [5, 5.41) is 10.2. The van der Waals surface area contributed by atoms with Crippen molar-refractivity contribution in [2.75, 3.05) is 0 Å². The molecule has 0 atom stereocenters. The molecule has 2 aliphatic rings. The van der Waals surface area contributed by atoms with Gasteiger partial charge in [0.25, 0.3) is 0 Å². The maximum atomic E-state index is 10.2. The van der Waals surface area contributed by atoms with Crippen molar-refractivity contribution in [3.05, 3.63) is 162 Å². The first-order valence-electron chi connectivity index (χ1n) is 16.3. The number of nitrogens with zero attached hydrogens (tertiary/aromatic N) is 2. The molecular weight excluding hydrogens is 601 g/mol. The Kier molecular flexibility index (Phi) is 6.87. The van der Waals surface area contributed by atoms with E-state index in [0.717, 1.165) is 89.4 Å². The molecule has 0 aliphatic carbocycles. The first-order chi connectivity index (χ1) is 24.2. The normalized spacial score (nSPS) is 12.0. The maximum Gasteiger partial charge on any atom is 0.115 e. The van der Waals surface area contributed by atoms with E-state index in [1.807, 2.05) is 30.3 Å². The molecular formula is C44H30N4O. The molecule has 0 saturated carbocycles. The minimum absolute atomic E-state index is 0.209. The molecule has 0 unspecified atom stereocenters. The summed E-state index contributed by atoms with van der Waals surface area (Å²) >= 11 is 0. The van der Waals surface area contributed by atoms with E-state index >= 15 is 0 Å². The topological polar surface area (TPSA) is 77.6 Å². The first kappa shape index (κ1) is 28.5. The first-order valence-corrected chi connectivity index (χ1v) is 16.3. The predicted octanol–water partition coefficient (Wildman–Crippen LogP) is 11.0. The van der Waals surface area contributed by atoms with Crippen LogP contribution in [-0.2, 0) is 0 Å². The molecule has 0 saturated heterocycles. The van der Waals surface area contributed by atoms with Crippen molar-refractivity contribution in [2.45, 2.75) is 0 Å². The highest BCUT2D eigenvalue weighted by atomic mass is 16.3. The summed E-state index contributed by atoms with van der Waals surface area (Å²) in [5.41, 5.74) is 15.3. The summed E-state index contributed by atoms with van der Waals surface area (Å²) in [6, 6.07) is 47.1. The summed E-state index contributed by atoms with van der Waals surface area (Å²) in [5.74, 6) is 0.209. The Labute approximate surface area is 283 Å². The summed E-state index contributed by atoms with van der Waals surface area (Å²) in [6.45, 7) is 0. The third-order valence-electron chi connectivity index (χ3n) is 9.10. The van der Waals surface area contributed by atoms with Gasteiger partial charge < -0.3 is 15.1 Å². The highest BCUT2D eigenvalue weighted by molar-refractivity contribution is 6.00. The monoisotopic (exact) mass is 630 g/mol. The Morgan fingerprint density at radius 1 is 0.327 bits per heavy atom. The Morgan fingerprint density at radius 2 is 0.653 bits per heavy atom. The van der Waals surface area contributed by atoms with Crippen LogP contribution < -0.4 is 0 Å². The van der Waals surface area contributed by atoms with Gasteiger partial charge in [0.05, 0.1) is 22.8 Å². The second-order valence-electron chi connectivity index (χ2n) is 12.1. The second-order valence-corrected chi connectivity index (χ2v) is 12.1. The van der Waals surface area contributed by atoms with Crippen LogP contribution in [0.5, 0.6) is 5.75 Å². The van der Waals surface area contributed by atoms with Gasteiger partial charge in [-0.1, -0.05) is 103 Å². The second kappa shape index (κ2) is 11.8. The molecule has 9 rings (SSSR count). The lowest BCUT2D eigenvalue weighted by atomic mass is 10.0. The van der Waals surface area contributed by atoms with Crippen molar-refractivity contribution < 1.29 is 5.11 Å². The fourth-order valence-corrected chi connectivity index (χ4v) is 6.86. The van der Waals surface area contributed by atoms with Gasteiger partial charge in [-0.05, 0) is 83.0 Å². The molecule has 49 heavy (non-hydrogen) atoms. The van der Waals surface area contributed by atoms with Crippen molar-refractivity contribution in [3.63, 3.8) is 0 Å². The van der Waals surface area contributed by atoms with E-state index in [1.165, 1.54) is 0 Å². The molecule has 4 aromatic carbocycles. The molecule has 0 radical (unpaired) electrons. The number of H-pyrrole nitrogens is 2. The third-order valence-corrected chi connectivity index (χ3v) is 9.10. The Balaban J connectivity index is 1.48. The number of aromatic hydroxyl groups is 1. The van der Waals surface area contributed by atoms with Gasteiger partial charge >= 0.3 is 0 Å². The molecule has 5 nitrogen and oxygen atoms in total. The SMILES string of the molecule is Oc1ccc(-c2c3nc(c(-c4ccccc4)c4ccc([nH]4)c(-c4ccccc4)c4ccc([nH]4)c(-c4ccccc4)c4nc2C=C4)C=C3)cc1. The van der Waals surface area contributed by atoms with Crippen molar-refractivity contribution in [1.82, 2.24) is 19.9 Å². The van der Waals surface area contributed by atoms with Crippen LogP contribution in [0.25, 0.3) is 90.9 Å². The molecule has 5 heteroatoms. The molecule has 0 amide bonds. The molecule has 0 fully saturated rings. The fraction of sp³-hybridized carbons (Fsp3) is 0. The van der Waals surface area contributed by atoms with E-state index in [1.54, 1.807) is 12.1 Å². The van der Waals surface area contributed by atoms with E-state index < -0.39 is 0 Å². The average molecular weight is 631 g/mol.